The van der Waals surface area contributed by atoms with Gasteiger partial charge in [-0.2, -0.15) is 0 Å². The van der Waals surface area contributed by atoms with Crippen LogP contribution < -0.4 is 5.32 Å². The summed E-state index contributed by atoms with van der Waals surface area (Å²) in [4.78, 5) is 14.5. The van der Waals surface area contributed by atoms with Crippen molar-refractivity contribution in [1.82, 2.24) is 10.2 Å². The number of hydrogen-bond acceptors (Lipinski definition) is 2. The minimum Gasteiger partial charge on any atom is -0.343 e. The van der Waals surface area contributed by atoms with Gasteiger partial charge in [-0.3, -0.25) is 4.79 Å². The summed E-state index contributed by atoms with van der Waals surface area (Å²) in [5.74, 6) is 2.41. The summed E-state index contributed by atoms with van der Waals surface area (Å²) in [5.41, 5.74) is 0. The number of carbonyl (C=O) groups excluding carboxylic acids is 1. The summed E-state index contributed by atoms with van der Waals surface area (Å²) >= 11 is 0. The standard InChI is InChI=1S/C17H32N2O/c1-13-6-8-16(9-7-13)19(3)17(20)11-14(2)15-5-4-10-18-12-15/h13-16,18H,4-12H2,1-3H3. The smallest absolute Gasteiger partial charge is 0.222 e. The Morgan fingerprint density at radius 2 is 1.95 bits per heavy atom. The third-order valence-corrected chi connectivity index (χ3v) is 5.56. The fraction of sp³-hybridized carbons (Fsp3) is 0.941. The molecule has 116 valence electrons. The van der Waals surface area contributed by atoms with Crippen LogP contribution in [0.2, 0.25) is 0 Å². The largest absolute Gasteiger partial charge is 0.343 e. The van der Waals surface area contributed by atoms with E-state index in [9.17, 15) is 4.79 Å². The molecule has 0 bridgehead atoms. The fourth-order valence-corrected chi connectivity index (χ4v) is 3.78. The molecule has 20 heavy (non-hydrogen) atoms. The number of nitrogens with one attached hydrogen (secondary N) is 1. The zero-order valence-electron chi connectivity index (χ0n) is 13.5. The molecular formula is C17H32N2O. The minimum atomic E-state index is 0.364. The van der Waals surface area contributed by atoms with E-state index in [1.165, 1.54) is 38.5 Å². The molecule has 2 aliphatic rings. The summed E-state index contributed by atoms with van der Waals surface area (Å²) in [6.45, 7) is 6.83. The molecule has 3 nitrogen and oxygen atoms in total. The van der Waals surface area contributed by atoms with Crippen LogP contribution in [0.25, 0.3) is 0 Å². The second-order valence-electron chi connectivity index (χ2n) is 7.21. The molecule has 1 N–H and O–H groups in total. The lowest BCUT2D eigenvalue weighted by molar-refractivity contribution is -0.134. The first-order valence-corrected chi connectivity index (χ1v) is 8.54. The molecule has 3 heteroatoms. The number of nitrogens with zero attached hydrogens (tertiary/aromatic N) is 1. The Labute approximate surface area is 124 Å². The van der Waals surface area contributed by atoms with Crippen molar-refractivity contribution >= 4 is 5.91 Å². The minimum absolute atomic E-state index is 0.364. The van der Waals surface area contributed by atoms with E-state index in [0.29, 0.717) is 23.8 Å². The highest BCUT2D eigenvalue weighted by molar-refractivity contribution is 5.76. The van der Waals surface area contributed by atoms with Crippen molar-refractivity contribution in [3.05, 3.63) is 0 Å². The lowest BCUT2D eigenvalue weighted by atomic mass is 9.84. The zero-order valence-corrected chi connectivity index (χ0v) is 13.5. The van der Waals surface area contributed by atoms with Crippen molar-refractivity contribution in [3.8, 4) is 0 Å². The molecule has 2 atom stereocenters. The van der Waals surface area contributed by atoms with Gasteiger partial charge >= 0.3 is 0 Å². The number of carbonyl (C=O) groups is 1. The van der Waals surface area contributed by atoms with Gasteiger partial charge in [0.25, 0.3) is 0 Å². The lowest BCUT2D eigenvalue weighted by Gasteiger charge is -2.35. The van der Waals surface area contributed by atoms with Crippen molar-refractivity contribution in [3.63, 3.8) is 0 Å². The predicted octanol–water partition coefficient (Wildman–Crippen LogP) is 3.05. The Hall–Kier alpha value is -0.570. The molecule has 2 fully saturated rings. The molecule has 2 unspecified atom stereocenters. The normalized spacial score (nSPS) is 32.6. The van der Waals surface area contributed by atoms with Crippen molar-refractivity contribution in [1.29, 1.82) is 0 Å². The number of amides is 1. The second-order valence-corrected chi connectivity index (χ2v) is 7.21. The molecule has 0 radical (unpaired) electrons. The fourth-order valence-electron chi connectivity index (χ4n) is 3.78. The first kappa shape index (κ1) is 15.8. The SMILES string of the molecule is CC1CCC(N(C)C(=O)CC(C)C2CCCNC2)CC1. The third-order valence-electron chi connectivity index (χ3n) is 5.56. The summed E-state index contributed by atoms with van der Waals surface area (Å²) < 4.78 is 0. The molecule has 1 amide bonds. The van der Waals surface area contributed by atoms with Gasteiger partial charge in [-0.25, -0.2) is 0 Å². The molecule has 0 aromatic heterocycles. The number of rotatable bonds is 4. The van der Waals surface area contributed by atoms with E-state index in [-0.39, 0.29) is 0 Å². The van der Waals surface area contributed by atoms with Crippen LogP contribution in [0.1, 0.15) is 58.8 Å². The highest BCUT2D eigenvalue weighted by Gasteiger charge is 2.27. The molecule has 2 rings (SSSR count). The molecule has 1 saturated heterocycles. The topological polar surface area (TPSA) is 32.3 Å². The molecule has 1 aliphatic carbocycles. The Morgan fingerprint density at radius 3 is 2.55 bits per heavy atom. The number of piperidine rings is 1. The maximum atomic E-state index is 12.5. The van der Waals surface area contributed by atoms with Crippen LogP contribution in [-0.2, 0) is 4.79 Å². The Bertz CT molecular complexity index is 304. The highest BCUT2D eigenvalue weighted by Crippen LogP contribution is 2.28. The monoisotopic (exact) mass is 280 g/mol. The van der Waals surface area contributed by atoms with Gasteiger partial charge in [-0.1, -0.05) is 13.8 Å². The molecule has 1 aliphatic heterocycles. The van der Waals surface area contributed by atoms with Crippen LogP contribution in [0.15, 0.2) is 0 Å². The molecule has 1 saturated carbocycles. The second kappa shape index (κ2) is 7.44. The van der Waals surface area contributed by atoms with Crippen LogP contribution in [0.4, 0.5) is 0 Å². The lowest BCUT2D eigenvalue weighted by Crippen LogP contribution is -2.41. The first-order valence-electron chi connectivity index (χ1n) is 8.54. The zero-order chi connectivity index (χ0) is 14.5. The van der Waals surface area contributed by atoms with Crippen LogP contribution in [0, 0.1) is 17.8 Å². The van der Waals surface area contributed by atoms with E-state index in [0.717, 1.165) is 25.4 Å². The van der Waals surface area contributed by atoms with Crippen molar-refractivity contribution in [2.75, 3.05) is 20.1 Å². The van der Waals surface area contributed by atoms with Crippen molar-refractivity contribution in [2.24, 2.45) is 17.8 Å². The van der Waals surface area contributed by atoms with E-state index in [1.54, 1.807) is 0 Å². The van der Waals surface area contributed by atoms with Gasteiger partial charge in [0.05, 0.1) is 0 Å². The van der Waals surface area contributed by atoms with Gasteiger partial charge in [0.1, 0.15) is 0 Å². The van der Waals surface area contributed by atoms with E-state index < -0.39 is 0 Å². The summed E-state index contributed by atoms with van der Waals surface area (Å²) in [6.07, 6.45) is 8.24. The van der Waals surface area contributed by atoms with E-state index in [4.69, 9.17) is 0 Å². The van der Waals surface area contributed by atoms with Gasteiger partial charge in [-0.15, -0.1) is 0 Å². The summed E-state index contributed by atoms with van der Waals surface area (Å²) in [7, 11) is 2.02. The highest BCUT2D eigenvalue weighted by atomic mass is 16.2. The Morgan fingerprint density at radius 1 is 1.25 bits per heavy atom. The Balaban J connectivity index is 1.78. The van der Waals surface area contributed by atoms with Crippen LogP contribution >= 0.6 is 0 Å². The average molecular weight is 280 g/mol. The maximum absolute atomic E-state index is 12.5. The van der Waals surface area contributed by atoms with E-state index in [2.05, 4.69) is 24.1 Å². The quantitative estimate of drug-likeness (QED) is 0.858. The van der Waals surface area contributed by atoms with Gasteiger partial charge < -0.3 is 10.2 Å². The van der Waals surface area contributed by atoms with Gasteiger partial charge in [0.15, 0.2) is 0 Å². The maximum Gasteiger partial charge on any atom is 0.222 e. The average Bonchev–Trinajstić information content (AvgIpc) is 2.48. The van der Waals surface area contributed by atoms with Gasteiger partial charge in [0.2, 0.25) is 5.91 Å². The molecule has 1 heterocycles. The van der Waals surface area contributed by atoms with Crippen LogP contribution in [-0.4, -0.2) is 37.0 Å². The van der Waals surface area contributed by atoms with E-state index in [1.807, 2.05) is 7.05 Å². The van der Waals surface area contributed by atoms with E-state index >= 15 is 0 Å². The molecule has 0 aromatic carbocycles. The van der Waals surface area contributed by atoms with Crippen molar-refractivity contribution < 1.29 is 4.79 Å². The van der Waals surface area contributed by atoms with Gasteiger partial charge in [-0.05, 0) is 69.4 Å². The van der Waals surface area contributed by atoms with Crippen LogP contribution in [0.5, 0.6) is 0 Å². The van der Waals surface area contributed by atoms with Crippen LogP contribution in [0.3, 0.4) is 0 Å². The van der Waals surface area contributed by atoms with Gasteiger partial charge in [0, 0.05) is 19.5 Å². The Kier molecular flexibility index (Phi) is 5.88. The summed E-state index contributed by atoms with van der Waals surface area (Å²) in [5, 5.41) is 3.46. The molecule has 0 spiro atoms. The predicted molar refractivity (Wildman–Crippen MR) is 83.6 cm³/mol. The summed E-state index contributed by atoms with van der Waals surface area (Å²) in [6, 6.07) is 0.496. The molecular weight excluding hydrogens is 248 g/mol. The first-order chi connectivity index (χ1) is 9.58. The number of hydrogen-bond donors (Lipinski definition) is 1. The third kappa shape index (κ3) is 4.21. The van der Waals surface area contributed by atoms with Crippen molar-refractivity contribution in [2.45, 2.75) is 64.8 Å². The molecule has 0 aromatic rings.